The van der Waals surface area contributed by atoms with Gasteiger partial charge in [-0.3, -0.25) is 4.79 Å². The molecular formula is C25H31NO6. The van der Waals surface area contributed by atoms with Crippen LogP contribution in [-0.4, -0.2) is 23.0 Å². The first-order valence-electron chi connectivity index (χ1n) is 11.0. The highest BCUT2D eigenvalue weighted by atomic mass is 16.4. The highest BCUT2D eigenvalue weighted by Gasteiger charge is 2.23. The average molecular weight is 442 g/mol. The summed E-state index contributed by atoms with van der Waals surface area (Å²) in [4.78, 5) is 36.3. The molecular weight excluding hydrogens is 410 g/mol. The summed E-state index contributed by atoms with van der Waals surface area (Å²) in [6.07, 6.45) is 3.85. The highest BCUT2D eigenvalue weighted by molar-refractivity contribution is 5.97. The molecule has 0 aliphatic rings. The van der Waals surface area contributed by atoms with E-state index >= 15 is 0 Å². The first-order valence-corrected chi connectivity index (χ1v) is 11.0. The lowest BCUT2D eigenvalue weighted by molar-refractivity contribution is -0.142. The van der Waals surface area contributed by atoms with E-state index in [1.807, 2.05) is 19.9 Å². The number of carbonyl (C=O) groups is 2. The molecule has 0 spiro atoms. The zero-order chi connectivity index (χ0) is 23.6. The summed E-state index contributed by atoms with van der Waals surface area (Å²) in [7, 11) is 0. The second-order valence-electron chi connectivity index (χ2n) is 9.34. The number of rotatable bonds is 8. The van der Waals surface area contributed by atoms with Crippen LogP contribution in [0.25, 0.3) is 21.9 Å². The normalized spacial score (nSPS) is 12.9. The van der Waals surface area contributed by atoms with E-state index in [-0.39, 0.29) is 18.3 Å². The maximum absolute atomic E-state index is 12.6. The Hall–Kier alpha value is -3.09. The van der Waals surface area contributed by atoms with Crippen molar-refractivity contribution in [2.45, 2.75) is 78.2 Å². The quantitative estimate of drug-likeness (QED) is 0.484. The number of carboxylic acid groups (broad SMARTS) is 1. The predicted octanol–water partition coefficient (Wildman–Crippen LogP) is 4.84. The van der Waals surface area contributed by atoms with Gasteiger partial charge in [0.1, 0.15) is 17.2 Å². The van der Waals surface area contributed by atoms with Crippen LogP contribution in [0.1, 0.15) is 70.1 Å². The van der Waals surface area contributed by atoms with Crippen molar-refractivity contribution >= 4 is 33.8 Å². The van der Waals surface area contributed by atoms with Gasteiger partial charge in [-0.2, -0.15) is 0 Å². The minimum absolute atomic E-state index is 0.00814. The van der Waals surface area contributed by atoms with Gasteiger partial charge in [-0.15, -0.1) is 0 Å². The molecule has 1 amide bonds. The number of furan rings is 1. The Morgan fingerprint density at radius 1 is 1.16 bits per heavy atom. The van der Waals surface area contributed by atoms with Gasteiger partial charge in [0.2, 0.25) is 5.91 Å². The molecule has 7 heteroatoms. The number of amides is 1. The standard InChI is InChI=1S/C25H31NO6/c1-6-7-8-19(23(28)29)26-22(27)10-9-15-14(2)16-11-17-18(25(3,4)5)13-31-20(17)12-21(16)32-24(15)30/h11-13,19H,6-10H2,1-5H3,(H,26,27)(H,28,29)/t19-/m0/s1. The fourth-order valence-corrected chi connectivity index (χ4v) is 3.95. The van der Waals surface area contributed by atoms with Crippen LogP contribution in [0.3, 0.4) is 0 Å². The van der Waals surface area contributed by atoms with Gasteiger partial charge in [0.25, 0.3) is 0 Å². The molecule has 2 heterocycles. The number of aryl methyl sites for hydroxylation is 1. The van der Waals surface area contributed by atoms with Gasteiger partial charge in [0, 0.05) is 34.4 Å². The molecule has 172 valence electrons. The average Bonchev–Trinajstić information content (AvgIpc) is 3.12. The minimum Gasteiger partial charge on any atom is -0.480 e. The SMILES string of the molecule is CCCC[C@H](NC(=O)CCc1c(C)c2cc3c(C(C)(C)C)coc3cc2oc1=O)C(=O)O. The summed E-state index contributed by atoms with van der Waals surface area (Å²) in [6, 6.07) is 2.79. The number of carboxylic acids is 1. The van der Waals surface area contributed by atoms with Crippen LogP contribution in [-0.2, 0) is 21.4 Å². The molecule has 32 heavy (non-hydrogen) atoms. The van der Waals surface area contributed by atoms with E-state index in [9.17, 15) is 19.5 Å². The Morgan fingerprint density at radius 2 is 1.88 bits per heavy atom. The third-order valence-electron chi connectivity index (χ3n) is 5.87. The van der Waals surface area contributed by atoms with Crippen LogP contribution in [0.5, 0.6) is 0 Å². The van der Waals surface area contributed by atoms with E-state index < -0.39 is 23.5 Å². The number of unbranched alkanes of at least 4 members (excludes halogenated alkanes) is 1. The predicted molar refractivity (Wildman–Crippen MR) is 123 cm³/mol. The summed E-state index contributed by atoms with van der Waals surface area (Å²) < 4.78 is 11.2. The first-order chi connectivity index (χ1) is 15.0. The number of aliphatic carboxylic acids is 1. The molecule has 0 aliphatic heterocycles. The van der Waals surface area contributed by atoms with Crippen LogP contribution in [0.15, 0.2) is 32.0 Å². The van der Waals surface area contributed by atoms with Crippen molar-refractivity contribution in [1.29, 1.82) is 0 Å². The second-order valence-corrected chi connectivity index (χ2v) is 9.34. The highest BCUT2D eigenvalue weighted by Crippen LogP contribution is 2.35. The zero-order valence-electron chi connectivity index (χ0n) is 19.3. The summed E-state index contributed by atoms with van der Waals surface area (Å²) in [5.74, 6) is -1.44. The van der Waals surface area contributed by atoms with Gasteiger partial charge < -0.3 is 19.3 Å². The van der Waals surface area contributed by atoms with Crippen LogP contribution < -0.4 is 10.9 Å². The first kappa shape index (κ1) is 23.6. The van der Waals surface area contributed by atoms with E-state index in [1.54, 1.807) is 12.3 Å². The number of fused-ring (bicyclic) bond motifs is 2. The maximum Gasteiger partial charge on any atom is 0.339 e. The van der Waals surface area contributed by atoms with E-state index in [2.05, 4.69) is 26.1 Å². The van der Waals surface area contributed by atoms with E-state index in [0.717, 1.165) is 28.3 Å². The van der Waals surface area contributed by atoms with Crippen LogP contribution in [0.2, 0.25) is 0 Å². The largest absolute Gasteiger partial charge is 0.480 e. The topological polar surface area (TPSA) is 110 Å². The third-order valence-corrected chi connectivity index (χ3v) is 5.87. The number of hydrogen-bond donors (Lipinski definition) is 2. The van der Waals surface area contributed by atoms with Crippen molar-refractivity contribution in [3.63, 3.8) is 0 Å². The number of nitrogens with one attached hydrogen (secondary N) is 1. The van der Waals surface area contributed by atoms with Crippen molar-refractivity contribution < 1.29 is 23.5 Å². The Bertz CT molecular complexity index is 1210. The zero-order valence-corrected chi connectivity index (χ0v) is 19.3. The molecule has 0 fully saturated rings. The lowest BCUT2D eigenvalue weighted by Gasteiger charge is -2.17. The van der Waals surface area contributed by atoms with E-state index in [1.165, 1.54) is 0 Å². The van der Waals surface area contributed by atoms with Gasteiger partial charge in [-0.25, -0.2) is 9.59 Å². The summed E-state index contributed by atoms with van der Waals surface area (Å²) in [5.41, 5.74) is 2.73. The molecule has 0 aliphatic carbocycles. The Kier molecular flexibility index (Phi) is 6.77. The second kappa shape index (κ2) is 9.18. The fourth-order valence-electron chi connectivity index (χ4n) is 3.95. The van der Waals surface area contributed by atoms with E-state index in [4.69, 9.17) is 8.83 Å². The smallest absolute Gasteiger partial charge is 0.339 e. The summed E-state index contributed by atoms with van der Waals surface area (Å²) >= 11 is 0. The van der Waals surface area contributed by atoms with Crippen molar-refractivity contribution in [1.82, 2.24) is 5.32 Å². The number of benzene rings is 1. The molecule has 7 nitrogen and oxygen atoms in total. The van der Waals surface area contributed by atoms with Gasteiger partial charge >= 0.3 is 11.6 Å². The van der Waals surface area contributed by atoms with Crippen molar-refractivity contribution in [2.75, 3.05) is 0 Å². The van der Waals surface area contributed by atoms with Crippen molar-refractivity contribution in [2.24, 2.45) is 0 Å². The Balaban J connectivity index is 1.88. The van der Waals surface area contributed by atoms with Crippen molar-refractivity contribution in [3.05, 3.63) is 45.5 Å². The Morgan fingerprint density at radius 3 is 2.50 bits per heavy atom. The van der Waals surface area contributed by atoms with Gasteiger partial charge in [0.05, 0.1) is 6.26 Å². The Labute approximate surface area is 186 Å². The van der Waals surface area contributed by atoms with E-state index in [0.29, 0.717) is 29.6 Å². The molecule has 0 radical (unpaired) electrons. The minimum atomic E-state index is -1.05. The van der Waals surface area contributed by atoms with Gasteiger partial charge in [-0.05, 0) is 36.8 Å². The van der Waals surface area contributed by atoms with Crippen LogP contribution in [0.4, 0.5) is 0 Å². The van der Waals surface area contributed by atoms with Gasteiger partial charge in [0.15, 0.2) is 0 Å². The molecule has 2 N–H and O–H groups in total. The van der Waals surface area contributed by atoms with Gasteiger partial charge in [-0.1, -0.05) is 40.5 Å². The lowest BCUT2D eigenvalue weighted by Crippen LogP contribution is -2.40. The number of hydrogen-bond acceptors (Lipinski definition) is 5. The molecule has 3 aromatic rings. The molecule has 0 saturated heterocycles. The molecule has 2 aromatic heterocycles. The maximum atomic E-state index is 12.6. The third kappa shape index (κ3) is 4.87. The summed E-state index contributed by atoms with van der Waals surface area (Å²) in [6.45, 7) is 10.1. The lowest BCUT2D eigenvalue weighted by atomic mass is 9.86. The monoisotopic (exact) mass is 441 g/mol. The molecule has 3 rings (SSSR count). The number of carbonyl (C=O) groups excluding carboxylic acids is 1. The molecule has 0 bridgehead atoms. The fraction of sp³-hybridized carbons (Fsp3) is 0.480. The molecule has 0 unspecified atom stereocenters. The van der Waals surface area contributed by atoms with Crippen molar-refractivity contribution in [3.8, 4) is 0 Å². The summed E-state index contributed by atoms with van der Waals surface area (Å²) in [5, 5.41) is 13.6. The molecule has 1 atom stereocenters. The van der Waals surface area contributed by atoms with Crippen LogP contribution in [0, 0.1) is 6.92 Å². The van der Waals surface area contributed by atoms with Crippen LogP contribution >= 0.6 is 0 Å². The molecule has 1 aromatic carbocycles. The molecule has 0 saturated carbocycles.